The third-order valence-electron chi connectivity index (χ3n) is 2.25. The fourth-order valence-electron chi connectivity index (χ4n) is 1.43. The maximum Gasteiger partial charge on any atom is 0.177 e. The van der Waals surface area contributed by atoms with Gasteiger partial charge in [0.05, 0.1) is 6.61 Å². The maximum atomic E-state index is 5.62. The summed E-state index contributed by atoms with van der Waals surface area (Å²) in [5.41, 5.74) is 1.44. The first-order valence-electron chi connectivity index (χ1n) is 5.26. The summed E-state index contributed by atoms with van der Waals surface area (Å²) in [6.07, 6.45) is 3.45. The van der Waals surface area contributed by atoms with E-state index in [0.29, 0.717) is 5.52 Å². The van der Waals surface area contributed by atoms with Crippen LogP contribution in [0.5, 0.6) is 5.75 Å². The van der Waals surface area contributed by atoms with Gasteiger partial charge in [0.15, 0.2) is 11.3 Å². The molecule has 0 bridgehead atoms. The molecule has 0 unspecified atom stereocenters. The van der Waals surface area contributed by atoms with E-state index in [1.807, 2.05) is 18.2 Å². The van der Waals surface area contributed by atoms with Crippen LogP contribution < -0.4 is 4.74 Å². The average molecular weight is 206 g/mol. The molecule has 1 aromatic carbocycles. The molecule has 80 valence electrons. The molecule has 1 aromatic heterocycles. The molecule has 0 aliphatic heterocycles. The molecule has 0 radical (unpaired) electrons. The zero-order chi connectivity index (χ0) is 10.5. The Morgan fingerprint density at radius 3 is 3.07 bits per heavy atom. The van der Waals surface area contributed by atoms with Gasteiger partial charge < -0.3 is 4.74 Å². The minimum atomic E-state index is 0.703. The summed E-state index contributed by atoms with van der Waals surface area (Å²) in [5.74, 6) is 0.754. The lowest BCUT2D eigenvalue weighted by atomic mass is 10.2. The van der Waals surface area contributed by atoms with Crippen molar-refractivity contribution in [3.8, 4) is 5.75 Å². The number of unbranched alkanes of at least 4 members (excludes halogenated alkanes) is 2. The van der Waals surface area contributed by atoms with Gasteiger partial charge in [0.25, 0.3) is 0 Å². The van der Waals surface area contributed by atoms with Crippen LogP contribution in [0.3, 0.4) is 0 Å². The first-order valence-corrected chi connectivity index (χ1v) is 5.26. The summed E-state index contributed by atoms with van der Waals surface area (Å²) in [6.45, 7) is 2.89. The van der Waals surface area contributed by atoms with E-state index in [9.17, 15) is 0 Å². The molecular formula is C11H14N2O2. The largest absolute Gasteiger partial charge is 0.491 e. The molecule has 0 N–H and O–H groups in total. The summed E-state index contributed by atoms with van der Waals surface area (Å²) >= 11 is 0. The summed E-state index contributed by atoms with van der Waals surface area (Å²) in [4.78, 5) is 0. The fraction of sp³-hybridized carbons (Fsp3) is 0.455. The van der Waals surface area contributed by atoms with Gasteiger partial charge in [-0.15, -0.1) is 0 Å². The molecule has 0 saturated heterocycles. The van der Waals surface area contributed by atoms with Crippen LogP contribution in [0.2, 0.25) is 0 Å². The van der Waals surface area contributed by atoms with Crippen molar-refractivity contribution in [2.75, 3.05) is 6.61 Å². The first-order chi connectivity index (χ1) is 7.42. The predicted molar refractivity (Wildman–Crippen MR) is 56.8 cm³/mol. The number of nitrogens with zero attached hydrogens (tertiary/aromatic N) is 2. The van der Waals surface area contributed by atoms with Crippen molar-refractivity contribution < 1.29 is 9.37 Å². The van der Waals surface area contributed by atoms with Gasteiger partial charge in [0, 0.05) is 0 Å². The molecule has 0 saturated carbocycles. The predicted octanol–water partition coefficient (Wildman–Crippen LogP) is 2.79. The first kappa shape index (κ1) is 9.96. The second kappa shape index (κ2) is 4.77. The van der Waals surface area contributed by atoms with Gasteiger partial charge in [-0.05, 0) is 28.9 Å². The number of rotatable bonds is 5. The molecule has 2 rings (SSSR count). The van der Waals surface area contributed by atoms with Crippen molar-refractivity contribution in [3.63, 3.8) is 0 Å². The van der Waals surface area contributed by atoms with Crippen molar-refractivity contribution in [1.82, 2.24) is 10.3 Å². The standard InChI is InChI=1S/C11H14N2O2/c1-2-3-4-8-14-10-7-5-6-9-11(10)13-15-12-9/h5-7H,2-4,8H2,1H3. The molecule has 0 spiro atoms. The zero-order valence-corrected chi connectivity index (χ0v) is 8.77. The minimum absolute atomic E-state index is 0.703. The zero-order valence-electron chi connectivity index (χ0n) is 8.77. The summed E-state index contributed by atoms with van der Waals surface area (Å²) < 4.78 is 10.3. The van der Waals surface area contributed by atoms with E-state index in [-0.39, 0.29) is 0 Å². The van der Waals surface area contributed by atoms with E-state index in [1.54, 1.807) is 0 Å². The molecule has 2 aromatic rings. The SMILES string of the molecule is CCCCCOc1cccc2nonc12. The van der Waals surface area contributed by atoms with Crippen molar-refractivity contribution in [1.29, 1.82) is 0 Å². The van der Waals surface area contributed by atoms with Gasteiger partial charge in [-0.2, -0.15) is 0 Å². The third-order valence-corrected chi connectivity index (χ3v) is 2.25. The average Bonchev–Trinajstić information content (AvgIpc) is 2.73. The Bertz CT molecular complexity index is 425. The molecule has 1 heterocycles. The minimum Gasteiger partial charge on any atom is -0.491 e. The number of hydrogen-bond donors (Lipinski definition) is 0. The van der Waals surface area contributed by atoms with Crippen molar-refractivity contribution in [3.05, 3.63) is 18.2 Å². The van der Waals surface area contributed by atoms with Crippen LogP contribution >= 0.6 is 0 Å². The molecule has 0 amide bonds. The van der Waals surface area contributed by atoms with Crippen LogP contribution in [0.15, 0.2) is 22.8 Å². The molecule has 4 nitrogen and oxygen atoms in total. The Morgan fingerprint density at radius 2 is 2.20 bits per heavy atom. The van der Waals surface area contributed by atoms with Crippen molar-refractivity contribution >= 4 is 11.0 Å². The molecule has 4 heteroatoms. The lowest BCUT2D eigenvalue weighted by molar-refractivity contribution is 0.299. The number of aromatic nitrogens is 2. The van der Waals surface area contributed by atoms with Crippen molar-refractivity contribution in [2.45, 2.75) is 26.2 Å². The number of hydrogen-bond acceptors (Lipinski definition) is 4. The number of fused-ring (bicyclic) bond motifs is 1. The van der Waals surface area contributed by atoms with E-state index >= 15 is 0 Å². The molecule has 15 heavy (non-hydrogen) atoms. The summed E-state index contributed by atoms with van der Waals surface area (Å²) in [6, 6.07) is 5.63. The highest BCUT2D eigenvalue weighted by Crippen LogP contribution is 2.22. The van der Waals surface area contributed by atoms with E-state index < -0.39 is 0 Å². The Kier molecular flexibility index (Phi) is 3.17. The van der Waals surface area contributed by atoms with Gasteiger partial charge in [0.1, 0.15) is 5.52 Å². The molecule has 0 aliphatic rings. The molecular weight excluding hydrogens is 192 g/mol. The molecule has 0 fully saturated rings. The van der Waals surface area contributed by atoms with Crippen LogP contribution in [0.4, 0.5) is 0 Å². The van der Waals surface area contributed by atoms with Crippen LogP contribution in [0.1, 0.15) is 26.2 Å². The topological polar surface area (TPSA) is 48.2 Å². The highest BCUT2D eigenvalue weighted by molar-refractivity contribution is 5.79. The van der Waals surface area contributed by atoms with E-state index in [0.717, 1.165) is 24.3 Å². The Balaban J connectivity index is 2.04. The summed E-state index contributed by atoms with van der Waals surface area (Å²) in [7, 11) is 0. The Hall–Kier alpha value is -1.58. The lowest BCUT2D eigenvalue weighted by Gasteiger charge is -2.04. The van der Waals surface area contributed by atoms with Gasteiger partial charge in [-0.25, -0.2) is 4.63 Å². The van der Waals surface area contributed by atoms with Crippen LogP contribution in [0.25, 0.3) is 11.0 Å². The van der Waals surface area contributed by atoms with Gasteiger partial charge in [0.2, 0.25) is 0 Å². The van der Waals surface area contributed by atoms with Crippen LogP contribution in [-0.2, 0) is 0 Å². The second-order valence-electron chi connectivity index (χ2n) is 3.44. The normalized spacial score (nSPS) is 10.7. The highest BCUT2D eigenvalue weighted by atomic mass is 16.6. The monoisotopic (exact) mass is 206 g/mol. The number of ether oxygens (including phenoxy) is 1. The maximum absolute atomic E-state index is 5.62. The van der Waals surface area contributed by atoms with Crippen LogP contribution in [-0.4, -0.2) is 16.9 Å². The quantitative estimate of drug-likeness (QED) is 0.706. The highest BCUT2D eigenvalue weighted by Gasteiger charge is 2.06. The van der Waals surface area contributed by atoms with Crippen molar-refractivity contribution in [2.24, 2.45) is 0 Å². The van der Waals surface area contributed by atoms with Gasteiger partial charge in [-0.3, -0.25) is 0 Å². The molecule has 0 atom stereocenters. The van der Waals surface area contributed by atoms with Gasteiger partial charge in [-0.1, -0.05) is 25.8 Å². The smallest absolute Gasteiger partial charge is 0.177 e. The second-order valence-corrected chi connectivity index (χ2v) is 3.44. The van der Waals surface area contributed by atoms with E-state index in [1.165, 1.54) is 12.8 Å². The van der Waals surface area contributed by atoms with E-state index in [2.05, 4.69) is 21.9 Å². The summed E-state index contributed by atoms with van der Waals surface area (Å²) in [5, 5.41) is 7.56. The lowest BCUT2D eigenvalue weighted by Crippen LogP contribution is -1.97. The third kappa shape index (κ3) is 2.26. The Labute approximate surface area is 88.2 Å². The fourth-order valence-corrected chi connectivity index (χ4v) is 1.43. The molecule has 0 aliphatic carbocycles. The van der Waals surface area contributed by atoms with Crippen LogP contribution in [0, 0.1) is 0 Å². The van der Waals surface area contributed by atoms with Gasteiger partial charge >= 0.3 is 0 Å². The number of benzene rings is 1. The van der Waals surface area contributed by atoms with E-state index in [4.69, 9.17) is 4.74 Å². The Morgan fingerprint density at radius 1 is 1.27 bits per heavy atom.